The van der Waals surface area contributed by atoms with Gasteiger partial charge in [-0.2, -0.15) is 0 Å². The van der Waals surface area contributed by atoms with Gasteiger partial charge in [-0.05, 0) is 97.7 Å². The van der Waals surface area contributed by atoms with Crippen LogP contribution in [0, 0.1) is 0 Å². The van der Waals surface area contributed by atoms with Crippen LogP contribution in [0.25, 0.3) is 75.5 Å². The Balaban J connectivity index is 1.06. The van der Waals surface area contributed by atoms with Gasteiger partial charge in [-0.1, -0.05) is 170 Å². The summed E-state index contributed by atoms with van der Waals surface area (Å²) in [6.45, 7) is 0. The van der Waals surface area contributed by atoms with Crippen LogP contribution in [0.3, 0.4) is 0 Å². The normalized spacial score (nSPS) is 11.3. The fourth-order valence-corrected chi connectivity index (χ4v) is 9.03. The molecule has 0 aliphatic heterocycles. The third kappa shape index (κ3) is 5.84. The van der Waals surface area contributed by atoms with Gasteiger partial charge in [0.25, 0.3) is 0 Å². The van der Waals surface area contributed by atoms with E-state index >= 15 is 0 Å². The molecule has 0 saturated heterocycles. The number of fused-ring (bicyclic) bond motifs is 4. The molecule has 0 spiro atoms. The lowest BCUT2D eigenvalue weighted by Crippen LogP contribution is -2.10. The molecule has 0 unspecified atom stereocenters. The summed E-state index contributed by atoms with van der Waals surface area (Å²) in [4.78, 5) is 2.38. The van der Waals surface area contributed by atoms with Crippen molar-refractivity contribution in [2.24, 2.45) is 0 Å². The van der Waals surface area contributed by atoms with Gasteiger partial charge in [0.15, 0.2) is 0 Å². The zero-order chi connectivity index (χ0) is 35.8. The van der Waals surface area contributed by atoms with Gasteiger partial charge >= 0.3 is 0 Å². The summed E-state index contributed by atoms with van der Waals surface area (Å²) in [5.41, 5.74) is 13.1. The molecule has 0 amide bonds. The molecule has 1 heterocycles. The summed E-state index contributed by atoms with van der Waals surface area (Å²) in [7, 11) is 0. The highest BCUT2D eigenvalue weighted by molar-refractivity contribution is 7.26. The van der Waals surface area contributed by atoms with Crippen LogP contribution < -0.4 is 4.90 Å². The predicted octanol–water partition coefficient (Wildman–Crippen LogP) is 15.3. The van der Waals surface area contributed by atoms with Gasteiger partial charge in [0, 0.05) is 37.2 Å². The lowest BCUT2D eigenvalue weighted by molar-refractivity contribution is 1.28. The molecule has 254 valence electrons. The zero-order valence-corrected chi connectivity index (χ0v) is 30.4. The molecule has 0 atom stereocenters. The lowest BCUT2D eigenvalue weighted by atomic mass is 9.97. The van der Waals surface area contributed by atoms with E-state index in [0.29, 0.717) is 0 Å². The van der Waals surface area contributed by atoms with Crippen LogP contribution in [0.5, 0.6) is 0 Å². The van der Waals surface area contributed by atoms with E-state index in [1.54, 1.807) is 0 Å². The maximum Gasteiger partial charge on any atom is 0.0467 e. The minimum atomic E-state index is 1.11. The summed E-state index contributed by atoms with van der Waals surface area (Å²) in [5, 5.41) is 5.14. The van der Waals surface area contributed by atoms with Crippen LogP contribution in [0.2, 0.25) is 0 Å². The minimum Gasteiger partial charge on any atom is -0.310 e. The topological polar surface area (TPSA) is 3.24 Å². The van der Waals surface area contributed by atoms with Crippen LogP contribution in [0.4, 0.5) is 17.1 Å². The summed E-state index contributed by atoms with van der Waals surface area (Å²) in [6.07, 6.45) is 0. The molecule has 1 aromatic heterocycles. The molecule has 0 N–H and O–H groups in total. The molecule has 10 aromatic rings. The van der Waals surface area contributed by atoms with Crippen molar-refractivity contribution in [3.8, 4) is 44.5 Å². The fourth-order valence-electron chi connectivity index (χ4n) is 7.79. The molecule has 1 nitrogen and oxygen atoms in total. The first-order chi connectivity index (χ1) is 26.8. The molecule has 9 aromatic carbocycles. The Hall–Kier alpha value is -6.74. The number of rotatable bonds is 7. The lowest BCUT2D eigenvalue weighted by Gasteiger charge is -2.26. The van der Waals surface area contributed by atoms with E-state index in [1.807, 2.05) is 11.3 Å². The largest absolute Gasteiger partial charge is 0.310 e. The molecule has 0 aliphatic rings. The van der Waals surface area contributed by atoms with E-state index in [4.69, 9.17) is 0 Å². The number of benzene rings is 9. The molecule has 0 aliphatic carbocycles. The van der Waals surface area contributed by atoms with Crippen molar-refractivity contribution in [3.63, 3.8) is 0 Å². The Morgan fingerprint density at radius 2 is 0.796 bits per heavy atom. The third-order valence-electron chi connectivity index (χ3n) is 10.5. The Labute approximate surface area is 319 Å². The number of nitrogens with zero attached hydrogens (tertiary/aromatic N) is 1. The van der Waals surface area contributed by atoms with Crippen molar-refractivity contribution in [2.45, 2.75) is 0 Å². The van der Waals surface area contributed by atoms with Crippen LogP contribution in [-0.4, -0.2) is 0 Å². The zero-order valence-electron chi connectivity index (χ0n) is 29.6. The van der Waals surface area contributed by atoms with Gasteiger partial charge < -0.3 is 4.90 Å². The Morgan fingerprint density at radius 3 is 1.54 bits per heavy atom. The first-order valence-electron chi connectivity index (χ1n) is 18.4. The van der Waals surface area contributed by atoms with E-state index in [-0.39, 0.29) is 0 Å². The SMILES string of the molecule is c1ccc(-c2ccc(-c3ccc(N(c4ccc(-c5cccc6ccccc56)cc4)c4cccc(-c5cccc6c5sc5ccccc56)c4)cc3)cc2)cc1. The van der Waals surface area contributed by atoms with Crippen molar-refractivity contribution in [1.29, 1.82) is 0 Å². The van der Waals surface area contributed by atoms with Crippen LogP contribution in [0.15, 0.2) is 212 Å². The highest BCUT2D eigenvalue weighted by Crippen LogP contribution is 2.43. The van der Waals surface area contributed by atoms with Gasteiger partial charge in [-0.25, -0.2) is 0 Å². The maximum absolute atomic E-state index is 2.38. The molecule has 2 heteroatoms. The van der Waals surface area contributed by atoms with Gasteiger partial charge in [-0.15, -0.1) is 11.3 Å². The monoisotopic (exact) mass is 705 g/mol. The molecule has 54 heavy (non-hydrogen) atoms. The van der Waals surface area contributed by atoms with Crippen molar-refractivity contribution >= 4 is 59.3 Å². The number of thiophene rings is 1. The van der Waals surface area contributed by atoms with E-state index < -0.39 is 0 Å². The number of anilines is 3. The first kappa shape index (κ1) is 32.0. The highest BCUT2D eigenvalue weighted by Gasteiger charge is 2.16. The average Bonchev–Trinajstić information content (AvgIpc) is 3.64. The molecule has 0 radical (unpaired) electrons. The van der Waals surface area contributed by atoms with Crippen LogP contribution in [-0.2, 0) is 0 Å². The summed E-state index contributed by atoms with van der Waals surface area (Å²) >= 11 is 1.88. The molecule has 0 bridgehead atoms. The summed E-state index contributed by atoms with van der Waals surface area (Å²) in [6, 6.07) is 77.0. The second-order valence-corrected chi connectivity index (χ2v) is 14.8. The van der Waals surface area contributed by atoms with E-state index in [9.17, 15) is 0 Å². The van der Waals surface area contributed by atoms with E-state index in [0.717, 1.165) is 17.1 Å². The van der Waals surface area contributed by atoms with Crippen molar-refractivity contribution in [1.82, 2.24) is 0 Å². The highest BCUT2D eigenvalue weighted by atomic mass is 32.1. The summed E-state index contributed by atoms with van der Waals surface area (Å²) in [5.74, 6) is 0. The molecule has 0 saturated carbocycles. The summed E-state index contributed by atoms with van der Waals surface area (Å²) < 4.78 is 2.64. The van der Waals surface area contributed by atoms with Gasteiger partial charge in [0.1, 0.15) is 0 Å². The van der Waals surface area contributed by atoms with Gasteiger partial charge in [0.2, 0.25) is 0 Å². The molecular formula is C52H35NS. The minimum absolute atomic E-state index is 1.11. The third-order valence-corrected chi connectivity index (χ3v) is 11.7. The Bertz CT molecular complexity index is 2900. The van der Waals surface area contributed by atoms with Crippen molar-refractivity contribution in [2.75, 3.05) is 4.90 Å². The van der Waals surface area contributed by atoms with Crippen LogP contribution in [0.1, 0.15) is 0 Å². The van der Waals surface area contributed by atoms with E-state index in [2.05, 4.69) is 217 Å². The molecular weight excluding hydrogens is 671 g/mol. The Kier molecular flexibility index (Phi) is 8.09. The predicted molar refractivity (Wildman–Crippen MR) is 233 cm³/mol. The van der Waals surface area contributed by atoms with E-state index in [1.165, 1.54) is 75.5 Å². The quantitative estimate of drug-likeness (QED) is 0.160. The average molecular weight is 706 g/mol. The number of hydrogen-bond donors (Lipinski definition) is 0. The van der Waals surface area contributed by atoms with Gasteiger partial charge in [-0.3, -0.25) is 0 Å². The second kappa shape index (κ2) is 13.7. The standard InChI is InChI=1S/C52H35NS/c1-2-11-36(12-3-1)37-23-25-38(26-24-37)39-27-31-43(32-28-39)53(44-33-29-41(30-34-44)47-19-9-14-40-13-4-5-17-46(40)47)45-16-8-15-42(35-45)48-20-10-21-50-49-18-6-7-22-51(49)54-52(48)50/h1-35H. The Morgan fingerprint density at radius 1 is 0.296 bits per heavy atom. The van der Waals surface area contributed by atoms with Crippen LogP contribution >= 0.6 is 11.3 Å². The first-order valence-corrected chi connectivity index (χ1v) is 19.2. The fraction of sp³-hybridized carbons (Fsp3) is 0. The van der Waals surface area contributed by atoms with Crippen molar-refractivity contribution < 1.29 is 0 Å². The van der Waals surface area contributed by atoms with Gasteiger partial charge in [0.05, 0.1) is 0 Å². The smallest absolute Gasteiger partial charge is 0.0467 e. The van der Waals surface area contributed by atoms with Crippen molar-refractivity contribution in [3.05, 3.63) is 212 Å². The maximum atomic E-state index is 2.38. The number of hydrogen-bond acceptors (Lipinski definition) is 2. The second-order valence-electron chi connectivity index (χ2n) is 13.7. The molecule has 0 fully saturated rings. The molecule has 10 rings (SSSR count).